The van der Waals surface area contributed by atoms with Crippen molar-refractivity contribution in [2.24, 2.45) is 0 Å². The molecule has 4 nitrogen and oxygen atoms in total. The van der Waals surface area contributed by atoms with Gasteiger partial charge < -0.3 is 9.67 Å². The highest BCUT2D eigenvalue weighted by Crippen LogP contribution is 2.09. The van der Waals surface area contributed by atoms with Crippen molar-refractivity contribution in [2.75, 3.05) is 0 Å². The highest BCUT2D eigenvalue weighted by molar-refractivity contribution is 5.97. The van der Waals surface area contributed by atoms with E-state index < -0.39 is 5.97 Å². The first kappa shape index (κ1) is 9.51. The zero-order valence-corrected chi connectivity index (χ0v) is 7.57. The fraction of sp³-hybridized carbons (Fsp3) is 0.333. The Morgan fingerprint density at radius 1 is 1.54 bits per heavy atom. The smallest absolute Gasteiger partial charge is 0.352 e. The molecule has 0 bridgehead atoms. The van der Waals surface area contributed by atoms with Crippen LogP contribution in [0.5, 0.6) is 0 Å². The van der Waals surface area contributed by atoms with Gasteiger partial charge in [0.1, 0.15) is 5.69 Å². The van der Waals surface area contributed by atoms with Crippen molar-refractivity contribution >= 4 is 11.8 Å². The zero-order valence-electron chi connectivity index (χ0n) is 7.57. The number of aryl methyl sites for hydroxylation is 1. The molecule has 0 saturated carbocycles. The molecule has 0 aliphatic carbocycles. The van der Waals surface area contributed by atoms with Gasteiger partial charge in [-0.05, 0) is 19.9 Å². The van der Waals surface area contributed by atoms with Crippen LogP contribution in [-0.2, 0) is 6.54 Å². The van der Waals surface area contributed by atoms with Gasteiger partial charge in [0.15, 0.2) is 5.78 Å². The maximum Gasteiger partial charge on any atom is 0.352 e. The highest BCUT2D eigenvalue weighted by atomic mass is 16.4. The molecule has 1 rings (SSSR count). The van der Waals surface area contributed by atoms with Crippen LogP contribution in [0.2, 0.25) is 0 Å². The van der Waals surface area contributed by atoms with Crippen LogP contribution in [0, 0.1) is 0 Å². The van der Waals surface area contributed by atoms with E-state index in [0.717, 1.165) is 0 Å². The normalized spacial score (nSPS) is 10.0. The van der Waals surface area contributed by atoms with E-state index in [1.807, 2.05) is 6.92 Å². The van der Waals surface area contributed by atoms with Crippen molar-refractivity contribution in [1.29, 1.82) is 0 Å². The Bertz CT molecular complexity index is 352. The Labute approximate surface area is 75.8 Å². The van der Waals surface area contributed by atoms with Crippen molar-refractivity contribution in [1.82, 2.24) is 4.57 Å². The molecule has 1 aromatic heterocycles. The summed E-state index contributed by atoms with van der Waals surface area (Å²) in [5.41, 5.74) is 0.604. The minimum atomic E-state index is -1.01. The monoisotopic (exact) mass is 181 g/mol. The molecular weight excluding hydrogens is 170 g/mol. The molecule has 70 valence electrons. The number of carboxylic acid groups (broad SMARTS) is 1. The third-order valence-corrected chi connectivity index (χ3v) is 1.86. The van der Waals surface area contributed by atoms with E-state index in [4.69, 9.17) is 5.11 Å². The summed E-state index contributed by atoms with van der Waals surface area (Å²) in [6.07, 6.45) is 1.56. The summed E-state index contributed by atoms with van der Waals surface area (Å²) in [6.45, 7) is 3.80. The topological polar surface area (TPSA) is 59.3 Å². The molecule has 0 unspecified atom stereocenters. The van der Waals surface area contributed by atoms with E-state index in [1.54, 1.807) is 10.8 Å². The van der Waals surface area contributed by atoms with Crippen LogP contribution >= 0.6 is 0 Å². The van der Waals surface area contributed by atoms with Crippen LogP contribution in [0.15, 0.2) is 12.3 Å². The van der Waals surface area contributed by atoms with Gasteiger partial charge in [0.25, 0.3) is 0 Å². The number of carboxylic acids is 1. The van der Waals surface area contributed by atoms with Crippen molar-refractivity contribution in [3.8, 4) is 0 Å². The minimum absolute atomic E-state index is 0.116. The van der Waals surface area contributed by atoms with Gasteiger partial charge in [0, 0.05) is 18.3 Å². The van der Waals surface area contributed by atoms with Crippen molar-refractivity contribution in [3.05, 3.63) is 23.5 Å². The second kappa shape index (κ2) is 3.43. The molecule has 13 heavy (non-hydrogen) atoms. The average molecular weight is 181 g/mol. The number of rotatable bonds is 3. The largest absolute Gasteiger partial charge is 0.477 e. The first-order valence-electron chi connectivity index (χ1n) is 4.00. The van der Waals surface area contributed by atoms with Crippen LogP contribution in [0.3, 0.4) is 0 Å². The quantitative estimate of drug-likeness (QED) is 0.717. The molecule has 0 aliphatic heterocycles. The standard InChI is InChI=1S/C9H11NO3/c1-3-10-5-7(6(2)11)4-8(10)9(12)13/h4-5H,3H2,1-2H3,(H,12,13). The van der Waals surface area contributed by atoms with Gasteiger partial charge >= 0.3 is 5.97 Å². The predicted octanol–water partition coefficient (Wildman–Crippen LogP) is 1.41. The summed E-state index contributed by atoms with van der Waals surface area (Å²) < 4.78 is 1.54. The van der Waals surface area contributed by atoms with Gasteiger partial charge in [-0.2, -0.15) is 0 Å². The molecule has 0 atom stereocenters. The molecule has 1 N–H and O–H groups in total. The van der Waals surface area contributed by atoms with Gasteiger partial charge in [-0.3, -0.25) is 4.79 Å². The number of nitrogens with zero attached hydrogens (tertiary/aromatic N) is 1. The van der Waals surface area contributed by atoms with Gasteiger partial charge in [-0.25, -0.2) is 4.79 Å². The molecule has 0 aliphatic rings. The predicted molar refractivity (Wildman–Crippen MR) is 47.1 cm³/mol. The van der Waals surface area contributed by atoms with Crippen LogP contribution in [0.4, 0.5) is 0 Å². The third kappa shape index (κ3) is 1.77. The van der Waals surface area contributed by atoms with Crippen LogP contribution < -0.4 is 0 Å². The summed E-state index contributed by atoms with van der Waals surface area (Å²) >= 11 is 0. The summed E-state index contributed by atoms with van der Waals surface area (Å²) in [5.74, 6) is -1.12. The molecule has 0 spiro atoms. The molecule has 0 saturated heterocycles. The number of aromatic nitrogens is 1. The van der Waals surface area contributed by atoms with E-state index in [1.165, 1.54) is 13.0 Å². The van der Waals surface area contributed by atoms with E-state index in [0.29, 0.717) is 12.1 Å². The lowest BCUT2D eigenvalue weighted by molar-refractivity contribution is 0.0685. The number of aromatic carboxylic acids is 1. The maximum atomic E-state index is 10.9. The van der Waals surface area contributed by atoms with Crippen LogP contribution in [0.25, 0.3) is 0 Å². The number of carbonyl (C=O) groups excluding carboxylic acids is 1. The molecular formula is C9H11NO3. The lowest BCUT2D eigenvalue weighted by Gasteiger charge is -1.99. The number of Topliss-reactive ketones (excluding diaryl/α,β-unsaturated/α-hetero) is 1. The zero-order chi connectivity index (χ0) is 10.0. The SMILES string of the molecule is CCn1cc(C(C)=O)cc1C(=O)O. The van der Waals surface area contributed by atoms with Crippen molar-refractivity contribution in [2.45, 2.75) is 20.4 Å². The minimum Gasteiger partial charge on any atom is -0.477 e. The Hall–Kier alpha value is -1.58. The van der Waals surface area contributed by atoms with E-state index >= 15 is 0 Å². The fourth-order valence-corrected chi connectivity index (χ4v) is 1.14. The Morgan fingerprint density at radius 3 is 2.46 bits per heavy atom. The molecule has 0 radical (unpaired) electrons. The maximum absolute atomic E-state index is 10.9. The van der Waals surface area contributed by atoms with Gasteiger partial charge in [0.05, 0.1) is 0 Å². The molecule has 0 fully saturated rings. The first-order chi connectivity index (χ1) is 6.06. The summed E-state index contributed by atoms with van der Waals surface area (Å²) in [6, 6.07) is 1.40. The summed E-state index contributed by atoms with van der Waals surface area (Å²) in [7, 11) is 0. The van der Waals surface area contributed by atoms with Gasteiger partial charge in [-0.1, -0.05) is 0 Å². The molecule has 0 amide bonds. The number of carbonyl (C=O) groups is 2. The molecule has 1 heterocycles. The molecule has 1 aromatic rings. The number of hydrogen-bond acceptors (Lipinski definition) is 2. The van der Waals surface area contributed by atoms with Crippen molar-refractivity contribution < 1.29 is 14.7 Å². The molecule has 4 heteroatoms. The van der Waals surface area contributed by atoms with Crippen LogP contribution in [0.1, 0.15) is 34.7 Å². The second-order valence-electron chi connectivity index (χ2n) is 2.76. The summed E-state index contributed by atoms with van der Waals surface area (Å²) in [5, 5.41) is 8.76. The number of ketones is 1. The lowest BCUT2D eigenvalue weighted by Crippen LogP contribution is -2.05. The average Bonchev–Trinajstić information content (AvgIpc) is 2.47. The highest BCUT2D eigenvalue weighted by Gasteiger charge is 2.12. The second-order valence-corrected chi connectivity index (χ2v) is 2.76. The first-order valence-corrected chi connectivity index (χ1v) is 4.00. The van der Waals surface area contributed by atoms with Crippen molar-refractivity contribution in [3.63, 3.8) is 0 Å². The fourth-order valence-electron chi connectivity index (χ4n) is 1.14. The Balaban J connectivity index is 3.19. The Morgan fingerprint density at radius 2 is 2.15 bits per heavy atom. The van der Waals surface area contributed by atoms with E-state index in [2.05, 4.69) is 0 Å². The Kier molecular flexibility index (Phi) is 2.51. The van der Waals surface area contributed by atoms with Gasteiger partial charge in [0.2, 0.25) is 0 Å². The third-order valence-electron chi connectivity index (χ3n) is 1.86. The number of hydrogen-bond donors (Lipinski definition) is 1. The van der Waals surface area contributed by atoms with E-state index in [-0.39, 0.29) is 11.5 Å². The van der Waals surface area contributed by atoms with Crippen LogP contribution in [-0.4, -0.2) is 21.4 Å². The lowest BCUT2D eigenvalue weighted by atomic mass is 10.2. The van der Waals surface area contributed by atoms with E-state index in [9.17, 15) is 9.59 Å². The molecule has 0 aromatic carbocycles. The van der Waals surface area contributed by atoms with Gasteiger partial charge in [-0.15, -0.1) is 0 Å². The summed E-state index contributed by atoms with van der Waals surface area (Å²) in [4.78, 5) is 21.6.